The standard InChI is InChI=1S/C17H21NO2/c19-12-11-18(13-15-7-3-1-4-8-15)14-17(20)16-9-5-2-6-10-16/h1-10,17,19-20H,11-14H2/t17-/m0/s1. The molecule has 0 saturated heterocycles. The quantitative estimate of drug-likeness (QED) is 0.811. The van der Waals surface area contributed by atoms with Crippen molar-refractivity contribution < 1.29 is 10.2 Å². The molecule has 0 fully saturated rings. The predicted molar refractivity (Wildman–Crippen MR) is 80.2 cm³/mol. The summed E-state index contributed by atoms with van der Waals surface area (Å²) >= 11 is 0. The molecule has 0 saturated carbocycles. The predicted octanol–water partition coefficient (Wildman–Crippen LogP) is 2.21. The molecule has 106 valence electrons. The highest BCUT2D eigenvalue weighted by atomic mass is 16.3. The van der Waals surface area contributed by atoms with E-state index in [1.54, 1.807) is 0 Å². The monoisotopic (exact) mass is 271 g/mol. The zero-order chi connectivity index (χ0) is 14.2. The van der Waals surface area contributed by atoms with Gasteiger partial charge in [0.25, 0.3) is 0 Å². The average molecular weight is 271 g/mol. The highest BCUT2D eigenvalue weighted by molar-refractivity contribution is 5.18. The first-order chi connectivity index (χ1) is 9.79. The van der Waals surface area contributed by atoms with Crippen LogP contribution in [-0.4, -0.2) is 34.8 Å². The number of aliphatic hydroxyl groups is 2. The number of aliphatic hydroxyl groups excluding tert-OH is 2. The summed E-state index contributed by atoms with van der Waals surface area (Å²) in [4.78, 5) is 2.06. The summed E-state index contributed by atoms with van der Waals surface area (Å²) in [6, 6.07) is 19.7. The summed E-state index contributed by atoms with van der Waals surface area (Å²) in [5, 5.41) is 19.4. The number of hydrogen-bond donors (Lipinski definition) is 2. The lowest BCUT2D eigenvalue weighted by molar-refractivity contribution is 0.0957. The zero-order valence-corrected chi connectivity index (χ0v) is 11.5. The molecule has 0 unspecified atom stereocenters. The van der Waals surface area contributed by atoms with E-state index in [4.69, 9.17) is 0 Å². The van der Waals surface area contributed by atoms with E-state index in [1.807, 2.05) is 48.5 Å². The number of hydrogen-bond acceptors (Lipinski definition) is 3. The molecule has 20 heavy (non-hydrogen) atoms. The van der Waals surface area contributed by atoms with E-state index >= 15 is 0 Å². The zero-order valence-electron chi connectivity index (χ0n) is 11.5. The Morgan fingerprint density at radius 1 is 0.900 bits per heavy atom. The van der Waals surface area contributed by atoms with Gasteiger partial charge in [0.2, 0.25) is 0 Å². The van der Waals surface area contributed by atoms with Gasteiger partial charge in [-0.05, 0) is 11.1 Å². The maximum absolute atomic E-state index is 10.3. The highest BCUT2D eigenvalue weighted by Gasteiger charge is 2.13. The Kier molecular flexibility index (Phi) is 5.74. The van der Waals surface area contributed by atoms with Crippen molar-refractivity contribution in [2.75, 3.05) is 19.7 Å². The summed E-state index contributed by atoms with van der Waals surface area (Å²) in [5.74, 6) is 0. The van der Waals surface area contributed by atoms with E-state index in [9.17, 15) is 10.2 Å². The normalized spacial score (nSPS) is 12.6. The molecule has 2 aromatic carbocycles. The van der Waals surface area contributed by atoms with Crippen molar-refractivity contribution in [2.24, 2.45) is 0 Å². The third kappa shape index (κ3) is 4.46. The van der Waals surface area contributed by atoms with E-state index in [0.29, 0.717) is 13.1 Å². The van der Waals surface area contributed by atoms with E-state index in [2.05, 4.69) is 17.0 Å². The van der Waals surface area contributed by atoms with Crippen molar-refractivity contribution in [3.05, 3.63) is 71.8 Å². The van der Waals surface area contributed by atoms with E-state index in [1.165, 1.54) is 5.56 Å². The van der Waals surface area contributed by atoms with E-state index in [0.717, 1.165) is 12.1 Å². The Morgan fingerprint density at radius 3 is 2.10 bits per heavy atom. The fourth-order valence-electron chi connectivity index (χ4n) is 2.24. The minimum atomic E-state index is -0.536. The molecule has 1 atom stereocenters. The molecule has 2 N–H and O–H groups in total. The van der Waals surface area contributed by atoms with Crippen LogP contribution in [0.25, 0.3) is 0 Å². The van der Waals surface area contributed by atoms with Crippen LogP contribution in [0, 0.1) is 0 Å². The van der Waals surface area contributed by atoms with Gasteiger partial charge in [-0.15, -0.1) is 0 Å². The Hall–Kier alpha value is -1.68. The van der Waals surface area contributed by atoms with E-state index in [-0.39, 0.29) is 6.61 Å². The van der Waals surface area contributed by atoms with Crippen molar-refractivity contribution in [3.63, 3.8) is 0 Å². The third-order valence-electron chi connectivity index (χ3n) is 3.28. The molecule has 0 heterocycles. The van der Waals surface area contributed by atoms with Gasteiger partial charge >= 0.3 is 0 Å². The molecular formula is C17H21NO2. The second-order valence-electron chi connectivity index (χ2n) is 4.87. The Balaban J connectivity index is 1.98. The van der Waals surface area contributed by atoms with Crippen LogP contribution >= 0.6 is 0 Å². The maximum atomic E-state index is 10.3. The topological polar surface area (TPSA) is 43.7 Å². The Labute approximate surface area is 120 Å². The molecule has 3 heteroatoms. The molecule has 0 bridgehead atoms. The van der Waals surface area contributed by atoms with Crippen molar-refractivity contribution in [1.29, 1.82) is 0 Å². The number of rotatable bonds is 7. The fourth-order valence-corrected chi connectivity index (χ4v) is 2.24. The van der Waals surface area contributed by atoms with Gasteiger partial charge in [-0.1, -0.05) is 60.7 Å². The molecule has 0 aliphatic carbocycles. The van der Waals surface area contributed by atoms with Crippen molar-refractivity contribution in [1.82, 2.24) is 4.90 Å². The van der Waals surface area contributed by atoms with Crippen LogP contribution in [0.5, 0.6) is 0 Å². The molecule has 0 aliphatic heterocycles. The summed E-state index contributed by atoms with van der Waals surface area (Å²) < 4.78 is 0. The number of nitrogens with zero attached hydrogens (tertiary/aromatic N) is 1. The van der Waals surface area contributed by atoms with Gasteiger partial charge in [-0.25, -0.2) is 0 Å². The van der Waals surface area contributed by atoms with Gasteiger partial charge < -0.3 is 10.2 Å². The van der Waals surface area contributed by atoms with Crippen molar-refractivity contribution >= 4 is 0 Å². The Morgan fingerprint density at radius 2 is 1.50 bits per heavy atom. The molecule has 0 radical (unpaired) electrons. The average Bonchev–Trinajstić information content (AvgIpc) is 2.49. The third-order valence-corrected chi connectivity index (χ3v) is 3.28. The van der Waals surface area contributed by atoms with Crippen LogP contribution in [0.1, 0.15) is 17.2 Å². The van der Waals surface area contributed by atoms with Crippen LogP contribution in [0.15, 0.2) is 60.7 Å². The molecule has 0 aromatic heterocycles. The molecule has 2 rings (SSSR count). The van der Waals surface area contributed by atoms with Gasteiger partial charge in [-0.3, -0.25) is 4.90 Å². The lowest BCUT2D eigenvalue weighted by atomic mass is 10.1. The molecule has 0 spiro atoms. The second kappa shape index (κ2) is 7.80. The van der Waals surface area contributed by atoms with Crippen molar-refractivity contribution in [3.8, 4) is 0 Å². The maximum Gasteiger partial charge on any atom is 0.0917 e. The first-order valence-electron chi connectivity index (χ1n) is 6.89. The minimum absolute atomic E-state index is 0.0916. The summed E-state index contributed by atoms with van der Waals surface area (Å²) in [6.07, 6.45) is -0.536. The smallest absolute Gasteiger partial charge is 0.0917 e. The van der Waals surface area contributed by atoms with Gasteiger partial charge in [0.15, 0.2) is 0 Å². The van der Waals surface area contributed by atoms with Gasteiger partial charge in [0, 0.05) is 19.6 Å². The molecular weight excluding hydrogens is 250 g/mol. The lowest BCUT2D eigenvalue weighted by Crippen LogP contribution is -2.31. The van der Waals surface area contributed by atoms with Crippen LogP contribution in [-0.2, 0) is 6.54 Å². The molecule has 2 aromatic rings. The summed E-state index contributed by atoms with van der Waals surface area (Å²) in [7, 11) is 0. The van der Waals surface area contributed by atoms with Crippen LogP contribution in [0.3, 0.4) is 0 Å². The van der Waals surface area contributed by atoms with Gasteiger partial charge in [0.05, 0.1) is 12.7 Å². The molecule has 3 nitrogen and oxygen atoms in total. The lowest BCUT2D eigenvalue weighted by Gasteiger charge is -2.24. The molecule has 0 amide bonds. The van der Waals surface area contributed by atoms with Crippen molar-refractivity contribution in [2.45, 2.75) is 12.6 Å². The summed E-state index contributed by atoms with van der Waals surface area (Å²) in [5.41, 5.74) is 2.09. The first-order valence-corrected chi connectivity index (χ1v) is 6.89. The van der Waals surface area contributed by atoms with Crippen LogP contribution < -0.4 is 0 Å². The Bertz CT molecular complexity index is 487. The van der Waals surface area contributed by atoms with Gasteiger partial charge in [0.1, 0.15) is 0 Å². The first kappa shape index (κ1) is 14.7. The summed E-state index contributed by atoms with van der Waals surface area (Å²) in [6.45, 7) is 1.89. The fraction of sp³-hybridized carbons (Fsp3) is 0.294. The highest BCUT2D eigenvalue weighted by Crippen LogP contribution is 2.15. The minimum Gasteiger partial charge on any atom is -0.395 e. The van der Waals surface area contributed by atoms with Gasteiger partial charge in [-0.2, -0.15) is 0 Å². The van der Waals surface area contributed by atoms with Crippen LogP contribution in [0.2, 0.25) is 0 Å². The number of benzene rings is 2. The van der Waals surface area contributed by atoms with Crippen LogP contribution in [0.4, 0.5) is 0 Å². The largest absolute Gasteiger partial charge is 0.395 e. The second-order valence-corrected chi connectivity index (χ2v) is 4.87. The molecule has 0 aliphatic rings. The SMILES string of the molecule is OCCN(Cc1ccccc1)C[C@H](O)c1ccccc1. The van der Waals surface area contributed by atoms with E-state index < -0.39 is 6.10 Å².